The molecule has 0 aliphatic heterocycles. The lowest BCUT2D eigenvalue weighted by Crippen LogP contribution is -2.19. The van der Waals surface area contributed by atoms with E-state index < -0.39 is 11.9 Å². The van der Waals surface area contributed by atoms with Crippen LogP contribution in [0.3, 0.4) is 0 Å². The zero-order valence-electron chi connectivity index (χ0n) is 14.6. The van der Waals surface area contributed by atoms with Gasteiger partial charge in [-0.1, -0.05) is 24.3 Å². The summed E-state index contributed by atoms with van der Waals surface area (Å²) < 4.78 is 23.4. The van der Waals surface area contributed by atoms with Crippen LogP contribution in [0, 0.1) is 17.3 Å². The highest BCUT2D eigenvalue weighted by molar-refractivity contribution is 8.02. The summed E-state index contributed by atoms with van der Waals surface area (Å²) in [6, 6.07) is 13.8. The van der Waals surface area contributed by atoms with E-state index in [1.807, 2.05) is 24.3 Å². The Labute approximate surface area is 161 Å². The molecule has 0 amide bonds. The minimum atomic E-state index is -0.733. The number of hydrogen-bond acceptors (Lipinski definition) is 7. The zero-order valence-corrected chi connectivity index (χ0v) is 15.5. The highest BCUT2D eigenvalue weighted by Crippen LogP contribution is 2.16. The average Bonchev–Trinajstić information content (AvgIpc) is 2.70. The van der Waals surface area contributed by atoms with Gasteiger partial charge in [-0.2, -0.15) is 9.65 Å². The van der Waals surface area contributed by atoms with Gasteiger partial charge in [-0.3, -0.25) is 0 Å². The standard InChI is InChI=1S/C19H18FN3O3S/c1-27-18(23-13-14-7-8-17(20)22-12-14)16(11-21)19(24)26-10-9-25-15-5-3-2-4-6-15/h2-8,12,23H,9-10,13H2,1H3/b18-16+. The quantitative estimate of drug-likeness (QED) is 0.233. The number of carbonyl (C=O) groups is 1. The third kappa shape index (κ3) is 6.64. The van der Waals surface area contributed by atoms with E-state index in [9.17, 15) is 14.4 Å². The molecule has 0 unspecified atom stereocenters. The number of pyridine rings is 1. The zero-order chi connectivity index (χ0) is 19.5. The Morgan fingerprint density at radius 2 is 2.04 bits per heavy atom. The van der Waals surface area contributed by atoms with E-state index in [0.717, 1.165) is 0 Å². The summed E-state index contributed by atoms with van der Waals surface area (Å²) in [7, 11) is 0. The SMILES string of the molecule is CS/C(NCc1ccc(F)nc1)=C(\C#N)C(=O)OCCOc1ccccc1. The highest BCUT2D eigenvalue weighted by atomic mass is 32.2. The van der Waals surface area contributed by atoms with Gasteiger partial charge in [0.2, 0.25) is 5.95 Å². The van der Waals surface area contributed by atoms with E-state index >= 15 is 0 Å². The molecule has 8 heteroatoms. The maximum atomic E-state index is 12.8. The fourth-order valence-corrected chi connectivity index (χ4v) is 2.58. The van der Waals surface area contributed by atoms with Gasteiger partial charge in [0.1, 0.15) is 25.0 Å². The molecule has 0 spiro atoms. The third-order valence-electron chi connectivity index (χ3n) is 3.32. The fourth-order valence-electron chi connectivity index (χ4n) is 2.03. The van der Waals surface area contributed by atoms with Gasteiger partial charge >= 0.3 is 5.97 Å². The summed E-state index contributed by atoms with van der Waals surface area (Å²) in [6.45, 7) is 0.485. The Morgan fingerprint density at radius 3 is 2.67 bits per heavy atom. The second-order valence-corrected chi connectivity index (χ2v) is 5.98. The molecule has 0 aliphatic carbocycles. The van der Waals surface area contributed by atoms with Gasteiger partial charge in [0.25, 0.3) is 0 Å². The molecule has 1 aromatic heterocycles. The Hall–Kier alpha value is -3.05. The van der Waals surface area contributed by atoms with Crippen molar-refractivity contribution in [2.45, 2.75) is 6.54 Å². The molecule has 27 heavy (non-hydrogen) atoms. The van der Waals surface area contributed by atoms with Crippen LogP contribution in [0.25, 0.3) is 0 Å². The van der Waals surface area contributed by atoms with E-state index in [1.54, 1.807) is 24.5 Å². The minimum Gasteiger partial charge on any atom is -0.490 e. The van der Waals surface area contributed by atoms with Gasteiger partial charge in [-0.15, -0.1) is 11.8 Å². The molecule has 1 N–H and O–H groups in total. The molecule has 0 atom stereocenters. The Morgan fingerprint density at radius 1 is 1.26 bits per heavy atom. The number of aromatic nitrogens is 1. The van der Waals surface area contributed by atoms with Crippen LogP contribution in [0.5, 0.6) is 5.75 Å². The maximum Gasteiger partial charge on any atom is 0.351 e. The number of thioether (sulfide) groups is 1. The molecule has 0 aliphatic rings. The topological polar surface area (TPSA) is 84.2 Å². The minimum absolute atomic E-state index is 0.0163. The van der Waals surface area contributed by atoms with Crippen LogP contribution in [0.1, 0.15) is 5.56 Å². The van der Waals surface area contributed by atoms with Crippen LogP contribution in [0.15, 0.2) is 59.3 Å². The molecular weight excluding hydrogens is 369 g/mol. The number of halogens is 1. The summed E-state index contributed by atoms with van der Waals surface area (Å²) in [5.41, 5.74) is 0.585. The number of para-hydroxylation sites is 1. The number of hydrogen-bond donors (Lipinski definition) is 1. The average molecular weight is 387 g/mol. The monoisotopic (exact) mass is 387 g/mol. The van der Waals surface area contributed by atoms with Crippen molar-refractivity contribution in [1.82, 2.24) is 10.3 Å². The lowest BCUT2D eigenvalue weighted by molar-refractivity contribution is -0.139. The van der Waals surface area contributed by atoms with Gasteiger partial charge in [0.15, 0.2) is 5.57 Å². The van der Waals surface area contributed by atoms with Crippen molar-refractivity contribution >= 4 is 17.7 Å². The van der Waals surface area contributed by atoms with Crippen LogP contribution in [-0.4, -0.2) is 30.4 Å². The van der Waals surface area contributed by atoms with Crippen LogP contribution < -0.4 is 10.1 Å². The molecule has 0 radical (unpaired) electrons. The van der Waals surface area contributed by atoms with Crippen molar-refractivity contribution in [3.05, 3.63) is 70.8 Å². The Kier molecular flexibility index (Phi) is 8.13. The number of nitrogens with zero attached hydrogens (tertiary/aromatic N) is 2. The van der Waals surface area contributed by atoms with E-state index in [0.29, 0.717) is 22.9 Å². The number of benzene rings is 1. The molecule has 6 nitrogen and oxygen atoms in total. The predicted octanol–water partition coefficient (Wildman–Crippen LogP) is 3.03. The smallest absolute Gasteiger partial charge is 0.351 e. The van der Waals surface area contributed by atoms with E-state index in [-0.39, 0.29) is 18.8 Å². The van der Waals surface area contributed by atoms with Crippen LogP contribution in [0.4, 0.5) is 4.39 Å². The largest absolute Gasteiger partial charge is 0.490 e. The number of nitriles is 1. The highest BCUT2D eigenvalue weighted by Gasteiger charge is 2.17. The van der Waals surface area contributed by atoms with Gasteiger partial charge < -0.3 is 14.8 Å². The number of ether oxygens (including phenoxy) is 2. The maximum absolute atomic E-state index is 12.8. The van der Waals surface area contributed by atoms with Crippen LogP contribution in [-0.2, 0) is 16.1 Å². The summed E-state index contributed by atoms with van der Waals surface area (Å²) in [5, 5.41) is 12.7. The normalized spacial score (nSPS) is 11.1. The van der Waals surface area contributed by atoms with E-state index in [4.69, 9.17) is 9.47 Å². The molecule has 0 bridgehead atoms. The molecule has 140 valence electrons. The van der Waals surface area contributed by atoms with Crippen molar-refractivity contribution < 1.29 is 18.7 Å². The van der Waals surface area contributed by atoms with Crippen molar-refractivity contribution in [2.75, 3.05) is 19.5 Å². The molecule has 0 saturated carbocycles. The summed E-state index contributed by atoms with van der Waals surface area (Å²) in [4.78, 5) is 15.7. The number of nitrogens with one attached hydrogen (secondary N) is 1. The Balaban J connectivity index is 1.89. The number of rotatable bonds is 9. The van der Waals surface area contributed by atoms with E-state index in [1.165, 1.54) is 24.0 Å². The number of carbonyl (C=O) groups excluding carboxylic acids is 1. The second kappa shape index (κ2) is 10.8. The summed E-state index contributed by atoms with van der Waals surface area (Å²) in [6.07, 6.45) is 3.11. The predicted molar refractivity (Wildman–Crippen MR) is 100 cm³/mol. The number of esters is 1. The van der Waals surface area contributed by atoms with E-state index in [2.05, 4.69) is 10.3 Å². The molecular formula is C19H18FN3O3S. The molecule has 1 heterocycles. The molecule has 1 aromatic carbocycles. The second-order valence-electron chi connectivity index (χ2n) is 5.16. The Bertz CT molecular complexity index is 820. The van der Waals surface area contributed by atoms with Gasteiger partial charge in [0, 0.05) is 12.7 Å². The third-order valence-corrected chi connectivity index (χ3v) is 4.07. The summed E-state index contributed by atoms with van der Waals surface area (Å²) >= 11 is 1.21. The van der Waals surface area contributed by atoms with Crippen molar-refractivity contribution in [2.24, 2.45) is 0 Å². The van der Waals surface area contributed by atoms with Crippen molar-refractivity contribution in [3.63, 3.8) is 0 Å². The lowest BCUT2D eigenvalue weighted by atomic mass is 10.3. The molecule has 0 saturated heterocycles. The summed E-state index contributed by atoms with van der Waals surface area (Å²) in [5.74, 6) is -0.634. The first-order chi connectivity index (χ1) is 13.1. The van der Waals surface area contributed by atoms with Gasteiger partial charge in [-0.05, 0) is 30.0 Å². The molecule has 2 aromatic rings. The van der Waals surface area contributed by atoms with Crippen molar-refractivity contribution in [3.8, 4) is 11.8 Å². The lowest BCUT2D eigenvalue weighted by Gasteiger charge is -2.11. The van der Waals surface area contributed by atoms with Crippen molar-refractivity contribution in [1.29, 1.82) is 5.26 Å². The first-order valence-corrected chi connectivity index (χ1v) is 9.24. The molecule has 2 rings (SSSR count). The van der Waals surface area contributed by atoms with Gasteiger partial charge in [0.05, 0.1) is 5.03 Å². The molecule has 0 fully saturated rings. The van der Waals surface area contributed by atoms with Crippen LogP contribution in [0.2, 0.25) is 0 Å². The van der Waals surface area contributed by atoms with Crippen LogP contribution >= 0.6 is 11.8 Å². The van der Waals surface area contributed by atoms with Gasteiger partial charge in [-0.25, -0.2) is 9.78 Å². The first-order valence-electron chi connectivity index (χ1n) is 8.01. The fraction of sp³-hybridized carbons (Fsp3) is 0.211. The first kappa shape index (κ1) is 20.3.